The number of halogens is 2. The summed E-state index contributed by atoms with van der Waals surface area (Å²) < 4.78 is 13.6. The van der Waals surface area contributed by atoms with Gasteiger partial charge in [0, 0.05) is 12.2 Å². The van der Waals surface area contributed by atoms with Gasteiger partial charge in [0.1, 0.15) is 5.82 Å². The van der Waals surface area contributed by atoms with Gasteiger partial charge in [0.15, 0.2) is 0 Å². The van der Waals surface area contributed by atoms with Crippen LogP contribution in [0, 0.1) is 11.7 Å². The molecule has 2 atom stereocenters. The van der Waals surface area contributed by atoms with Crippen molar-refractivity contribution >= 4 is 27.6 Å². The SMILES string of the molecule is CC(O)CC(C)CNC(=O)Nc1ccc(Br)c(F)c1. The molecule has 0 spiro atoms. The van der Waals surface area contributed by atoms with Gasteiger partial charge in [0.25, 0.3) is 0 Å². The zero-order valence-electron chi connectivity index (χ0n) is 10.9. The molecule has 1 rings (SSSR count). The molecular formula is C13H18BrFN2O2. The summed E-state index contributed by atoms with van der Waals surface area (Å²) >= 11 is 3.04. The fraction of sp³-hybridized carbons (Fsp3) is 0.462. The fourth-order valence-corrected chi connectivity index (χ4v) is 1.93. The fourth-order valence-electron chi connectivity index (χ4n) is 1.68. The molecule has 0 saturated heterocycles. The Morgan fingerprint density at radius 2 is 2.16 bits per heavy atom. The van der Waals surface area contributed by atoms with Crippen molar-refractivity contribution in [1.82, 2.24) is 5.32 Å². The molecule has 2 amide bonds. The minimum absolute atomic E-state index is 0.174. The molecule has 0 radical (unpaired) electrons. The van der Waals surface area contributed by atoms with E-state index in [1.54, 1.807) is 13.0 Å². The number of rotatable bonds is 5. The van der Waals surface area contributed by atoms with Crippen LogP contribution in [0.5, 0.6) is 0 Å². The van der Waals surface area contributed by atoms with E-state index in [-0.39, 0.29) is 18.1 Å². The van der Waals surface area contributed by atoms with Crippen LogP contribution in [-0.4, -0.2) is 23.8 Å². The first-order chi connectivity index (χ1) is 8.88. The Bertz CT molecular complexity index is 441. The molecule has 2 unspecified atom stereocenters. The van der Waals surface area contributed by atoms with E-state index in [0.29, 0.717) is 23.1 Å². The lowest BCUT2D eigenvalue weighted by Crippen LogP contribution is -2.33. The summed E-state index contributed by atoms with van der Waals surface area (Å²) in [5.41, 5.74) is 0.390. The van der Waals surface area contributed by atoms with Gasteiger partial charge in [0.2, 0.25) is 0 Å². The summed E-state index contributed by atoms with van der Waals surface area (Å²) in [5.74, 6) is -0.257. The smallest absolute Gasteiger partial charge is 0.319 e. The van der Waals surface area contributed by atoms with E-state index in [1.165, 1.54) is 12.1 Å². The number of carbonyl (C=O) groups excluding carboxylic acids is 1. The minimum atomic E-state index is -0.430. The van der Waals surface area contributed by atoms with Gasteiger partial charge in [-0.05, 0) is 53.4 Å². The Labute approximate surface area is 120 Å². The second-order valence-corrected chi connectivity index (χ2v) is 5.51. The van der Waals surface area contributed by atoms with E-state index >= 15 is 0 Å². The molecule has 0 heterocycles. The average molecular weight is 333 g/mol. The van der Waals surface area contributed by atoms with Crippen molar-refractivity contribution in [1.29, 1.82) is 0 Å². The molecule has 6 heteroatoms. The number of amides is 2. The van der Waals surface area contributed by atoms with Gasteiger partial charge in [-0.1, -0.05) is 6.92 Å². The molecule has 0 aromatic heterocycles. The van der Waals surface area contributed by atoms with E-state index in [2.05, 4.69) is 26.6 Å². The molecule has 19 heavy (non-hydrogen) atoms. The third kappa shape index (κ3) is 6.02. The Balaban J connectivity index is 2.40. The number of hydrogen-bond acceptors (Lipinski definition) is 2. The van der Waals surface area contributed by atoms with Gasteiger partial charge in [-0.15, -0.1) is 0 Å². The minimum Gasteiger partial charge on any atom is -0.393 e. The summed E-state index contributed by atoms with van der Waals surface area (Å²) in [5, 5.41) is 14.4. The first-order valence-electron chi connectivity index (χ1n) is 6.06. The van der Waals surface area contributed by atoms with E-state index in [1.807, 2.05) is 6.92 Å². The highest BCUT2D eigenvalue weighted by Gasteiger charge is 2.09. The normalized spacial score (nSPS) is 13.7. The number of hydrogen-bond donors (Lipinski definition) is 3. The summed E-state index contributed by atoms with van der Waals surface area (Å²) in [6.45, 7) is 4.10. The van der Waals surface area contributed by atoms with Crippen LogP contribution in [0.1, 0.15) is 20.3 Å². The maximum atomic E-state index is 13.2. The van der Waals surface area contributed by atoms with Crippen LogP contribution >= 0.6 is 15.9 Å². The Kier molecular flexibility index (Phi) is 6.24. The van der Waals surface area contributed by atoms with Crippen LogP contribution in [0.2, 0.25) is 0 Å². The van der Waals surface area contributed by atoms with Crippen molar-refractivity contribution in [3.8, 4) is 0 Å². The molecule has 0 bridgehead atoms. The van der Waals surface area contributed by atoms with Crippen molar-refractivity contribution in [3.63, 3.8) is 0 Å². The number of benzene rings is 1. The standard InChI is InChI=1S/C13H18BrFN2O2/c1-8(5-9(2)18)7-16-13(19)17-10-3-4-11(14)12(15)6-10/h3-4,6,8-9,18H,5,7H2,1-2H3,(H2,16,17,19). The van der Waals surface area contributed by atoms with Crippen molar-refractivity contribution in [2.45, 2.75) is 26.4 Å². The predicted molar refractivity (Wildman–Crippen MR) is 76.6 cm³/mol. The third-order valence-electron chi connectivity index (χ3n) is 2.53. The van der Waals surface area contributed by atoms with Crippen molar-refractivity contribution in [3.05, 3.63) is 28.5 Å². The average Bonchev–Trinajstić information content (AvgIpc) is 2.30. The maximum Gasteiger partial charge on any atom is 0.319 e. The van der Waals surface area contributed by atoms with Crippen LogP contribution in [0.3, 0.4) is 0 Å². The summed E-state index contributed by atoms with van der Waals surface area (Å²) in [6, 6.07) is 3.98. The Hall–Kier alpha value is -1.14. The van der Waals surface area contributed by atoms with Gasteiger partial charge < -0.3 is 15.7 Å². The van der Waals surface area contributed by atoms with Gasteiger partial charge in [0.05, 0.1) is 10.6 Å². The number of aliphatic hydroxyl groups is 1. The molecule has 1 aromatic rings. The summed E-state index contributed by atoms with van der Waals surface area (Å²) in [7, 11) is 0. The van der Waals surface area contributed by atoms with Gasteiger partial charge in [-0.25, -0.2) is 9.18 Å². The second kappa shape index (κ2) is 7.45. The molecular weight excluding hydrogens is 315 g/mol. The number of carbonyl (C=O) groups is 1. The van der Waals surface area contributed by atoms with Gasteiger partial charge >= 0.3 is 6.03 Å². The lowest BCUT2D eigenvalue weighted by atomic mass is 10.1. The van der Waals surface area contributed by atoms with Crippen LogP contribution in [0.25, 0.3) is 0 Å². The Morgan fingerprint density at radius 1 is 1.47 bits per heavy atom. The molecule has 0 aliphatic rings. The van der Waals surface area contributed by atoms with Crippen LogP contribution in [-0.2, 0) is 0 Å². The van der Waals surface area contributed by atoms with E-state index in [9.17, 15) is 14.3 Å². The molecule has 0 aliphatic carbocycles. The molecule has 0 saturated carbocycles. The highest BCUT2D eigenvalue weighted by atomic mass is 79.9. The largest absolute Gasteiger partial charge is 0.393 e. The first-order valence-corrected chi connectivity index (χ1v) is 6.85. The van der Waals surface area contributed by atoms with Crippen LogP contribution in [0.15, 0.2) is 22.7 Å². The molecule has 1 aromatic carbocycles. The van der Waals surface area contributed by atoms with Gasteiger partial charge in [-0.2, -0.15) is 0 Å². The first kappa shape index (κ1) is 15.9. The molecule has 0 fully saturated rings. The van der Waals surface area contributed by atoms with E-state index < -0.39 is 5.82 Å². The third-order valence-corrected chi connectivity index (χ3v) is 3.18. The zero-order valence-corrected chi connectivity index (χ0v) is 12.5. The van der Waals surface area contributed by atoms with E-state index in [4.69, 9.17) is 0 Å². The van der Waals surface area contributed by atoms with Crippen molar-refractivity contribution in [2.24, 2.45) is 5.92 Å². The molecule has 3 N–H and O–H groups in total. The quantitative estimate of drug-likeness (QED) is 0.775. The monoisotopic (exact) mass is 332 g/mol. The lowest BCUT2D eigenvalue weighted by Gasteiger charge is -2.14. The lowest BCUT2D eigenvalue weighted by molar-refractivity contribution is 0.163. The number of anilines is 1. The Morgan fingerprint density at radius 3 is 2.74 bits per heavy atom. The second-order valence-electron chi connectivity index (χ2n) is 4.65. The highest BCUT2D eigenvalue weighted by molar-refractivity contribution is 9.10. The number of nitrogens with one attached hydrogen (secondary N) is 2. The van der Waals surface area contributed by atoms with Crippen LogP contribution in [0.4, 0.5) is 14.9 Å². The highest BCUT2D eigenvalue weighted by Crippen LogP contribution is 2.19. The summed E-state index contributed by atoms with van der Waals surface area (Å²) in [6.07, 6.45) is 0.230. The topological polar surface area (TPSA) is 61.4 Å². The molecule has 0 aliphatic heterocycles. The summed E-state index contributed by atoms with van der Waals surface area (Å²) in [4.78, 5) is 11.6. The number of urea groups is 1. The molecule has 106 valence electrons. The van der Waals surface area contributed by atoms with Crippen molar-refractivity contribution < 1.29 is 14.3 Å². The maximum absolute atomic E-state index is 13.2. The van der Waals surface area contributed by atoms with Gasteiger partial charge in [-0.3, -0.25) is 0 Å². The van der Waals surface area contributed by atoms with Crippen LogP contribution < -0.4 is 10.6 Å². The number of aliphatic hydroxyl groups excluding tert-OH is 1. The molecule has 4 nitrogen and oxygen atoms in total. The zero-order chi connectivity index (χ0) is 14.4. The predicted octanol–water partition coefficient (Wildman–Crippen LogP) is 3.12. The van der Waals surface area contributed by atoms with Crippen molar-refractivity contribution in [2.75, 3.05) is 11.9 Å². The van der Waals surface area contributed by atoms with E-state index in [0.717, 1.165) is 0 Å².